The SMILES string of the molecule is CCCCC1CN(CC2CCCCC2)C(=O)OC12CCN(C1(C)CCN(C(=O)c3c(C)nn(-c4ccc(Cl)c(Cl)c4)c3C)CC1)CC2.O=C(O)C(F)(F)F. The summed E-state index contributed by atoms with van der Waals surface area (Å²) in [6.45, 7) is 13.4. The van der Waals surface area contributed by atoms with Crippen molar-refractivity contribution in [2.24, 2.45) is 11.8 Å². The molecule has 1 N–H and O–H groups in total. The molecular formula is C39H54Cl2F3N5O5. The molecule has 15 heteroatoms. The number of amides is 2. The molecule has 300 valence electrons. The minimum Gasteiger partial charge on any atom is -0.475 e. The first-order valence-electron chi connectivity index (χ1n) is 19.3. The van der Waals surface area contributed by atoms with Crippen LogP contribution in [0, 0.1) is 25.7 Å². The van der Waals surface area contributed by atoms with Crippen LogP contribution in [-0.2, 0) is 9.53 Å². The fourth-order valence-corrected chi connectivity index (χ4v) is 9.18. The Morgan fingerprint density at radius 2 is 1.63 bits per heavy atom. The average Bonchev–Trinajstić information content (AvgIpc) is 3.43. The molecule has 3 aliphatic heterocycles. The number of unbranched alkanes of at least 4 members (excludes halogenated alkanes) is 1. The molecule has 1 aromatic heterocycles. The van der Waals surface area contributed by atoms with E-state index in [1.54, 1.807) is 16.8 Å². The van der Waals surface area contributed by atoms with Gasteiger partial charge in [-0.05, 0) is 77.0 Å². The lowest BCUT2D eigenvalue weighted by Gasteiger charge is -2.55. The van der Waals surface area contributed by atoms with Crippen molar-refractivity contribution in [1.82, 2.24) is 24.5 Å². The highest BCUT2D eigenvalue weighted by molar-refractivity contribution is 6.42. The van der Waals surface area contributed by atoms with E-state index in [4.69, 9.17) is 42.9 Å². The minimum atomic E-state index is -5.08. The number of piperidine rings is 2. The van der Waals surface area contributed by atoms with Crippen LogP contribution >= 0.6 is 23.2 Å². The molecule has 1 saturated carbocycles. The second kappa shape index (κ2) is 17.4. The number of carbonyl (C=O) groups excluding carboxylic acids is 2. The van der Waals surface area contributed by atoms with Gasteiger partial charge in [0, 0.05) is 63.6 Å². The number of ether oxygens (including phenoxy) is 1. The predicted octanol–water partition coefficient (Wildman–Crippen LogP) is 9.10. The van der Waals surface area contributed by atoms with E-state index in [-0.39, 0.29) is 23.1 Å². The van der Waals surface area contributed by atoms with E-state index in [1.165, 1.54) is 38.5 Å². The standard InChI is InChI=1S/C37H53Cl2N5O3.C2HF3O2/c1-5-6-12-29-25-42(24-28-10-8-7-9-11-28)35(46)47-37(29)17-21-43(22-18-37)36(4)15-19-41(20-16-36)34(45)33-26(2)40-44(27(33)3)30-13-14-31(38)32(39)23-30;3-2(4,5)1(6)7/h13-14,23,28-29H,5-12,15-22,24-25H2,1-4H3;(H,6,7). The Labute approximate surface area is 326 Å². The topological polar surface area (TPSA) is 108 Å². The molecule has 6 rings (SSSR count). The van der Waals surface area contributed by atoms with Crippen LogP contribution in [0.5, 0.6) is 0 Å². The molecule has 1 aliphatic carbocycles. The molecule has 2 aromatic rings. The average molecular weight is 801 g/mol. The lowest BCUT2D eigenvalue weighted by Crippen LogP contribution is -2.63. The molecule has 4 heterocycles. The van der Waals surface area contributed by atoms with Crippen LogP contribution < -0.4 is 0 Å². The predicted molar refractivity (Wildman–Crippen MR) is 201 cm³/mol. The quantitative estimate of drug-likeness (QED) is 0.284. The molecule has 1 atom stereocenters. The van der Waals surface area contributed by atoms with Crippen molar-refractivity contribution in [3.05, 3.63) is 45.2 Å². The highest BCUT2D eigenvalue weighted by Crippen LogP contribution is 2.44. The molecule has 1 aromatic carbocycles. The first kappa shape index (κ1) is 42.1. The highest BCUT2D eigenvalue weighted by Gasteiger charge is 2.52. The number of likely N-dealkylation sites (tertiary alicyclic amines) is 2. The van der Waals surface area contributed by atoms with Crippen molar-refractivity contribution in [2.75, 3.05) is 39.3 Å². The summed E-state index contributed by atoms with van der Waals surface area (Å²) in [5.41, 5.74) is 2.63. The molecule has 4 fully saturated rings. The van der Waals surface area contributed by atoms with Crippen LogP contribution in [0.25, 0.3) is 5.69 Å². The zero-order valence-corrected chi connectivity index (χ0v) is 33.3. The van der Waals surface area contributed by atoms with Gasteiger partial charge in [0.1, 0.15) is 5.60 Å². The van der Waals surface area contributed by atoms with Gasteiger partial charge in [-0.3, -0.25) is 9.69 Å². The number of hydrogen-bond donors (Lipinski definition) is 1. The molecule has 54 heavy (non-hydrogen) atoms. The fourth-order valence-electron chi connectivity index (χ4n) is 8.89. The van der Waals surface area contributed by atoms with Gasteiger partial charge in [-0.1, -0.05) is 62.2 Å². The van der Waals surface area contributed by atoms with Gasteiger partial charge < -0.3 is 19.6 Å². The van der Waals surface area contributed by atoms with E-state index in [2.05, 4.69) is 23.6 Å². The van der Waals surface area contributed by atoms with Gasteiger partial charge in [-0.15, -0.1) is 0 Å². The van der Waals surface area contributed by atoms with Crippen molar-refractivity contribution in [2.45, 2.75) is 122 Å². The number of alkyl halides is 3. The van der Waals surface area contributed by atoms with Crippen LogP contribution in [0.3, 0.4) is 0 Å². The Bertz CT molecular complexity index is 1650. The normalized spacial score (nSPS) is 22.1. The molecule has 0 bridgehead atoms. The number of halogens is 5. The summed E-state index contributed by atoms with van der Waals surface area (Å²) in [4.78, 5) is 42.8. The van der Waals surface area contributed by atoms with Crippen molar-refractivity contribution in [1.29, 1.82) is 0 Å². The number of rotatable bonds is 8. The van der Waals surface area contributed by atoms with Crippen molar-refractivity contribution < 1.29 is 37.4 Å². The van der Waals surface area contributed by atoms with Gasteiger partial charge in [0.05, 0.1) is 32.7 Å². The van der Waals surface area contributed by atoms with E-state index in [0.717, 1.165) is 76.1 Å². The van der Waals surface area contributed by atoms with Gasteiger partial charge in [0.15, 0.2) is 0 Å². The van der Waals surface area contributed by atoms with E-state index in [9.17, 15) is 22.8 Å². The molecule has 2 amide bonds. The first-order chi connectivity index (χ1) is 25.5. The third-order valence-corrected chi connectivity index (χ3v) is 13.0. The second-order valence-corrected chi connectivity index (χ2v) is 16.6. The molecule has 1 unspecified atom stereocenters. The maximum absolute atomic E-state index is 13.9. The Balaban J connectivity index is 0.000000730. The molecule has 4 aliphatic rings. The maximum Gasteiger partial charge on any atom is 0.490 e. The smallest absolute Gasteiger partial charge is 0.475 e. The molecule has 3 saturated heterocycles. The number of hydrogen-bond acceptors (Lipinski definition) is 6. The number of benzene rings is 1. The van der Waals surface area contributed by atoms with Gasteiger partial charge in [0.25, 0.3) is 5.91 Å². The van der Waals surface area contributed by atoms with Crippen LogP contribution in [0.2, 0.25) is 10.0 Å². The van der Waals surface area contributed by atoms with E-state index in [1.807, 2.05) is 24.8 Å². The van der Waals surface area contributed by atoms with E-state index >= 15 is 0 Å². The van der Waals surface area contributed by atoms with E-state index < -0.39 is 12.1 Å². The van der Waals surface area contributed by atoms with Crippen LogP contribution in [-0.4, -0.2) is 104 Å². The van der Waals surface area contributed by atoms with Crippen LogP contribution in [0.4, 0.5) is 18.0 Å². The summed E-state index contributed by atoms with van der Waals surface area (Å²) in [5.74, 6) is -1.69. The fraction of sp³-hybridized carbons (Fsp3) is 0.692. The van der Waals surface area contributed by atoms with Gasteiger partial charge in [-0.25, -0.2) is 14.3 Å². The summed E-state index contributed by atoms with van der Waals surface area (Å²) in [5, 5.41) is 12.8. The summed E-state index contributed by atoms with van der Waals surface area (Å²) >= 11 is 12.4. The van der Waals surface area contributed by atoms with Crippen molar-refractivity contribution >= 4 is 41.2 Å². The van der Waals surface area contributed by atoms with Gasteiger partial charge >= 0.3 is 18.2 Å². The number of aliphatic carboxylic acids is 1. The highest BCUT2D eigenvalue weighted by atomic mass is 35.5. The lowest BCUT2D eigenvalue weighted by molar-refractivity contribution is -0.192. The monoisotopic (exact) mass is 799 g/mol. The summed E-state index contributed by atoms with van der Waals surface area (Å²) in [6, 6.07) is 5.40. The number of nitrogens with zero attached hydrogens (tertiary/aromatic N) is 5. The van der Waals surface area contributed by atoms with Gasteiger partial charge in [-0.2, -0.15) is 18.3 Å². The lowest BCUT2D eigenvalue weighted by atomic mass is 9.74. The number of carboxylic acids is 1. The minimum absolute atomic E-state index is 0.0112. The van der Waals surface area contributed by atoms with Crippen LogP contribution in [0.15, 0.2) is 18.2 Å². The largest absolute Gasteiger partial charge is 0.490 e. The van der Waals surface area contributed by atoms with Gasteiger partial charge in [0.2, 0.25) is 0 Å². The van der Waals surface area contributed by atoms with Crippen molar-refractivity contribution in [3.8, 4) is 5.69 Å². The number of carbonyl (C=O) groups is 3. The Hall–Kier alpha value is -3.03. The van der Waals surface area contributed by atoms with E-state index in [0.29, 0.717) is 46.2 Å². The van der Waals surface area contributed by atoms with Crippen LogP contribution in [0.1, 0.15) is 113 Å². The third kappa shape index (κ3) is 9.49. The molecule has 10 nitrogen and oxygen atoms in total. The Kier molecular flexibility index (Phi) is 13.6. The molecule has 1 spiro atoms. The molecular weight excluding hydrogens is 746 g/mol. The number of aromatic nitrogens is 2. The summed E-state index contributed by atoms with van der Waals surface area (Å²) in [7, 11) is 0. The second-order valence-electron chi connectivity index (χ2n) is 15.8. The Morgan fingerprint density at radius 1 is 1.00 bits per heavy atom. The summed E-state index contributed by atoms with van der Waals surface area (Å²) < 4.78 is 40.0. The zero-order valence-electron chi connectivity index (χ0n) is 31.8. The number of carboxylic acid groups (broad SMARTS) is 1. The maximum atomic E-state index is 13.9. The Morgan fingerprint density at radius 3 is 2.20 bits per heavy atom. The number of aryl methyl sites for hydroxylation is 1. The zero-order chi connectivity index (χ0) is 39.4. The van der Waals surface area contributed by atoms with Crippen molar-refractivity contribution in [3.63, 3.8) is 0 Å². The molecule has 0 radical (unpaired) electrons. The first-order valence-corrected chi connectivity index (χ1v) is 20.1. The summed E-state index contributed by atoms with van der Waals surface area (Å²) in [6.07, 6.45) is 8.33. The third-order valence-electron chi connectivity index (χ3n) is 12.2.